The van der Waals surface area contributed by atoms with Gasteiger partial charge in [-0.3, -0.25) is 4.98 Å². The molecule has 4 rings (SSSR count). The van der Waals surface area contributed by atoms with Crippen LogP contribution in [0.5, 0.6) is 0 Å². The van der Waals surface area contributed by atoms with Gasteiger partial charge in [0.15, 0.2) is 0 Å². The Bertz CT molecular complexity index is 861. The van der Waals surface area contributed by atoms with Crippen LogP contribution in [0.4, 0.5) is 11.6 Å². The van der Waals surface area contributed by atoms with Gasteiger partial charge in [-0.2, -0.15) is 0 Å². The molecule has 1 aromatic heterocycles. The van der Waals surface area contributed by atoms with Crippen molar-refractivity contribution < 1.29 is 5.11 Å². The molecule has 2 N–H and O–H groups in total. The maximum atomic E-state index is 9.02. The minimum Gasteiger partial charge on any atom is -0.396 e. The van der Waals surface area contributed by atoms with Gasteiger partial charge in [0.2, 0.25) is 0 Å². The van der Waals surface area contributed by atoms with Crippen LogP contribution in [0.15, 0.2) is 30.6 Å². The van der Waals surface area contributed by atoms with E-state index in [4.69, 9.17) is 33.3 Å². The van der Waals surface area contributed by atoms with E-state index in [2.05, 4.69) is 20.1 Å². The number of benzene rings is 1. The van der Waals surface area contributed by atoms with E-state index in [0.29, 0.717) is 16.0 Å². The molecule has 0 spiro atoms. The van der Waals surface area contributed by atoms with E-state index in [-0.39, 0.29) is 12.6 Å². The summed E-state index contributed by atoms with van der Waals surface area (Å²) in [5.41, 5.74) is 0.976. The molecule has 2 atom stereocenters. The normalized spacial score (nSPS) is 20.9. The molecule has 0 unspecified atom stereocenters. The Morgan fingerprint density at radius 1 is 1.20 bits per heavy atom. The summed E-state index contributed by atoms with van der Waals surface area (Å²) in [7, 11) is 0. The van der Waals surface area contributed by atoms with Gasteiger partial charge in [-0.15, -0.1) is 0 Å². The van der Waals surface area contributed by atoms with Crippen LogP contribution >= 0.6 is 23.2 Å². The third-order valence-corrected chi connectivity index (χ3v) is 6.82. The SMILES string of the molecule is C[C@@H](Nc1cncc(N2CC([C@@H]3CCN(CCCO)C3)C2)n1)c1ccc(Cl)cc1Cl. The van der Waals surface area contributed by atoms with Gasteiger partial charge in [0.25, 0.3) is 0 Å². The molecule has 8 heteroatoms. The van der Waals surface area contributed by atoms with Gasteiger partial charge in [0, 0.05) is 42.8 Å². The maximum absolute atomic E-state index is 9.02. The number of hydrogen-bond donors (Lipinski definition) is 2. The van der Waals surface area contributed by atoms with E-state index in [9.17, 15) is 0 Å². The zero-order chi connectivity index (χ0) is 21.1. The average molecular weight is 450 g/mol. The molecule has 2 saturated heterocycles. The van der Waals surface area contributed by atoms with Crippen LogP contribution in [0.25, 0.3) is 0 Å². The van der Waals surface area contributed by atoms with Crippen molar-refractivity contribution >= 4 is 34.8 Å². The number of aromatic nitrogens is 2. The lowest BCUT2D eigenvalue weighted by Gasteiger charge is -2.43. The van der Waals surface area contributed by atoms with Crippen LogP contribution in [0.1, 0.15) is 31.4 Å². The van der Waals surface area contributed by atoms with Crippen LogP contribution in [-0.2, 0) is 0 Å². The highest BCUT2D eigenvalue weighted by Crippen LogP contribution is 2.34. The molecule has 2 aliphatic heterocycles. The van der Waals surface area contributed by atoms with Gasteiger partial charge in [-0.25, -0.2) is 4.98 Å². The van der Waals surface area contributed by atoms with Crippen molar-refractivity contribution in [3.63, 3.8) is 0 Å². The number of aliphatic hydroxyl groups excluding tert-OH is 1. The molecule has 2 aromatic rings. The second-order valence-electron chi connectivity index (χ2n) is 8.39. The number of halogens is 2. The van der Waals surface area contributed by atoms with Crippen molar-refractivity contribution in [3.05, 3.63) is 46.2 Å². The largest absolute Gasteiger partial charge is 0.396 e. The highest BCUT2D eigenvalue weighted by molar-refractivity contribution is 6.35. The van der Waals surface area contributed by atoms with Gasteiger partial charge in [-0.05, 0) is 55.8 Å². The Kier molecular flexibility index (Phi) is 6.98. The molecule has 0 bridgehead atoms. The first-order valence-electron chi connectivity index (χ1n) is 10.6. The van der Waals surface area contributed by atoms with Crippen LogP contribution < -0.4 is 10.2 Å². The average Bonchev–Trinajstić information content (AvgIpc) is 3.14. The molecule has 3 heterocycles. The summed E-state index contributed by atoms with van der Waals surface area (Å²) in [4.78, 5) is 13.9. The fourth-order valence-corrected chi connectivity index (χ4v) is 5.04. The molecule has 0 radical (unpaired) electrons. The molecule has 2 fully saturated rings. The zero-order valence-corrected chi connectivity index (χ0v) is 18.8. The van der Waals surface area contributed by atoms with E-state index >= 15 is 0 Å². The van der Waals surface area contributed by atoms with E-state index in [1.54, 1.807) is 12.3 Å². The molecule has 1 aromatic carbocycles. The lowest BCUT2D eigenvalue weighted by Crippen LogP contribution is -2.51. The summed E-state index contributed by atoms with van der Waals surface area (Å²) in [6.45, 7) is 7.73. The van der Waals surface area contributed by atoms with E-state index in [0.717, 1.165) is 62.3 Å². The number of nitrogens with zero attached hydrogens (tertiary/aromatic N) is 4. The summed E-state index contributed by atoms with van der Waals surface area (Å²) in [5, 5.41) is 13.7. The third kappa shape index (κ3) is 4.99. The van der Waals surface area contributed by atoms with E-state index in [1.165, 1.54) is 6.42 Å². The minimum atomic E-state index is -0.00755. The van der Waals surface area contributed by atoms with Crippen LogP contribution in [0, 0.1) is 11.8 Å². The molecule has 0 amide bonds. The van der Waals surface area contributed by atoms with Gasteiger partial charge < -0.3 is 20.2 Å². The molecule has 30 heavy (non-hydrogen) atoms. The molecule has 162 valence electrons. The van der Waals surface area contributed by atoms with Crippen LogP contribution in [0.2, 0.25) is 10.0 Å². The predicted molar refractivity (Wildman–Crippen MR) is 122 cm³/mol. The molecular formula is C22H29Cl2N5O. The molecule has 2 aliphatic rings. The van der Waals surface area contributed by atoms with Crippen molar-refractivity contribution in [1.82, 2.24) is 14.9 Å². The summed E-state index contributed by atoms with van der Waals surface area (Å²) < 4.78 is 0. The second-order valence-corrected chi connectivity index (χ2v) is 9.23. The number of hydrogen-bond acceptors (Lipinski definition) is 6. The lowest BCUT2D eigenvalue weighted by molar-refractivity contribution is 0.226. The zero-order valence-electron chi connectivity index (χ0n) is 17.3. The van der Waals surface area contributed by atoms with Crippen molar-refractivity contribution in [2.24, 2.45) is 11.8 Å². The van der Waals surface area contributed by atoms with Gasteiger partial charge in [-0.1, -0.05) is 29.3 Å². The first kappa shape index (κ1) is 21.6. The highest BCUT2D eigenvalue weighted by Gasteiger charge is 2.37. The predicted octanol–water partition coefficient (Wildman–Crippen LogP) is 4.10. The maximum Gasteiger partial charge on any atom is 0.149 e. The number of rotatable bonds is 8. The van der Waals surface area contributed by atoms with Crippen molar-refractivity contribution in [2.45, 2.75) is 25.8 Å². The van der Waals surface area contributed by atoms with E-state index in [1.807, 2.05) is 25.3 Å². The summed E-state index contributed by atoms with van der Waals surface area (Å²) >= 11 is 12.3. The smallest absolute Gasteiger partial charge is 0.149 e. The number of anilines is 2. The fourth-order valence-electron chi connectivity index (χ4n) is 4.47. The Morgan fingerprint density at radius 2 is 2.03 bits per heavy atom. The topological polar surface area (TPSA) is 64.5 Å². The van der Waals surface area contributed by atoms with Crippen molar-refractivity contribution in [2.75, 3.05) is 49.5 Å². The van der Waals surface area contributed by atoms with E-state index < -0.39 is 0 Å². The monoisotopic (exact) mass is 449 g/mol. The Morgan fingerprint density at radius 3 is 2.80 bits per heavy atom. The molecule has 0 saturated carbocycles. The first-order valence-corrected chi connectivity index (χ1v) is 11.4. The minimum absolute atomic E-state index is 0.00755. The third-order valence-electron chi connectivity index (χ3n) is 6.26. The molecule has 0 aliphatic carbocycles. The van der Waals surface area contributed by atoms with Crippen molar-refractivity contribution in [3.8, 4) is 0 Å². The van der Waals surface area contributed by atoms with Crippen LogP contribution in [0.3, 0.4) is 0 Å². The highest BCUT2D eigenvalue weighted by atomic mass is 35.5. The number of nitrogens with one attached hydrogen (secondary N) is 1. The standard InChI is InChI=1S/C22H29Cl2N5O/c1-15(19-4-3-18(23)9-20(19)24)26-21-10-25-11-22(27-21)29-13-17(14-29)16-5-7-28(12-16)6-2-8-30/h3-4,9-11,15-17,30H,2,5-8,12-14H2,1H3,(H,26,27)/t15-,16-/m1/s1. The Labute approximate surface area is 188 Å². The van der Waals surface area contributed by atoms with Gasteiger partial charge in [0.1, 0.15) is 11.6 Å². The lowest BCUT2D eigenvalue weighted by atomic mass is 9.85. The van der Waals surface area contributed by atoms with Crippen molar-refractivity contribution in [1.29, 1.82) is 0 Å². The Balaban J connectivity index is 1.31. The fraction of sp³-hybridized carbons (Fsp3) is 0.545. The quantitative estimate of drug-likeness (QED) is 0.632. The second kappa shape index (κ2) is 9.69. The number of aliphatic hydroxyl groups is 1. The number of likely N-dealkylation sites (tertiary alicyclic amines) is 1. The molecular weight excluding hydrogens is 421 g/mol. The van der Waals surface area contributed by atoms with Gasteiger partial charge in [0.05, 0.1) is 18.4 Å². The summed E-state index contributed by atoms with van der Waals surface area (Å²) in [5.74, 6) is 3.13. The summed E-state index contributed by atoms with van der Waals surface area (Å²) in [6.07, 6.45) is 5.72. The first-order chi connectivity index (χ1) is 14.5. The summed E-state index contributed by atoms with van der Waals surface area (Å²) in [6, 6.07) is 5.53. The molecule has 6 nitrogen and oxygen atoms in total. The Hall–Kier alpha value is -1.60. The van der Waals surface area contributed by atoms with Gasteiger partial charge >= 0.3 is 0 Å². The van der Waals surface area contributed by atoms with Crippen LogP contribution in [-0.4, -0.2) is 59.3 Å².